The van der Waals surface area contributed by atoms with Crippen LogP contribution in [0.3, 0.4) is 0 Å². The van der Waals surface area contributed by atoms with E-state index in [1.165, 1.54) is 18.6 Å². The van der Waals surface area contributed by atoms with E-state index in [1.807, 2.05) is 98.7 Å². The average molecular weight is 587 g/mol. The summed E-state index contributed by atoms with van der Waals surface area (Å²) >= 11 is 7.16. The first kappa shape index (κ1) is 27.8. The van der Waals surface area contributed by atoms with Gasteiger partial charge < -0.3 is 15.2 Å². The molecular formula is C34H27ClN6O2. The molecule has 0 aliphatic rings. The molecule has 1 atom stereocenters. The van der Waals surface area contributed by atoms with E-state index in [4.69, 9.17) is 11.6 Å². The van der Waals surface area contributed by atoms with E-state index in [-0.39, 0.29) is 11.0 Å². The molecular weight excluding hydrogens is 560 g/mol. The molecule has 212 valence electrons. The molecule has 0 aliphatic heterocycles. The summed E-state index contributed by atoms with van der Waals surface area (Å²) in [4.78, 5) is 40.6. The molecule has 6 rings (SSSR count). The zero-order chi connectivity index (χ0) is 30.1. The van der Waals surface area contributed by atoms with Crippen molar-refractivity contribution < 1.29 is 0 Å². The SMILES string of the molecule is C[C@H](Nc1ncnc2[nH]ccc(=O)c12)c1c(Cl)c2cccc(C#Cc3ccc(N(C)C)cc3)c2c(=O)n1-c1ccccc1. The van der Waals surface area contributed by atoms with Gasteiger partial charge in [0.15, 0.2) is 5.43 Å². The lowest BCUT2D eigenvalue weighted by atomic mass is 10.0. The number of nitrogens with zero attached hydrogens (tertiary/aromatic N) is 4. The van der Waals surface area contributed by atoms with E-state index in [9.17, 15) is 9.59 Å². The summed E-state index contributed by atoms with van der Waals surface area (Å²) in [5.41, 5.74) is 3.57. The zero-order valence-electron chi connectivity index (χ0n) is 23.7. The lowest BCUT2D eigenvalue weighted by Crippen LogP contribution is -2.27. The summed E-state index contributed by atoms with van der Waals surface area (Å²) in [6.45, 7) is 1.87. The third-order valence-corrected chi connectivity index (χ3v) is 7.63. The van der Waals surface area contributed by atoms with Gasteiger partial charge in [0, 0.05) is 54.2 Å². The minimum Gasteiger partial charge on any atom is -0.378 e. The van der Waals surface area contributed by atoms with Gasteiger partial charge in [-0.2, -0.15) is 0 Å². The van der Waals surface area contributed by atoms with Crippen molar-refractivity contribution in [2.45, 2.75) is 13.0 Å². The maximum atomic E-state index is 14.4. The molecule has 0 bridgehead atoms. The minimum atomic E-state index is -0.535. The van der Waals surface area contributed by atoms with Gasteiger partial charge in [-0.05, 0) is 49.4 Å². The Bertz CT molecular complexity index is 2160. The zero-order valence-corrected chi connectivity index (χ0v) is 24.5. The van der Waals surface area contributed by atoms with Crippen molar-refractivity contribution in [3.05, 3.63) is 134 Å². The highest BCUT2D eigenvalue weighted by Gasteiger charge is 2.24. The number of rotatable bonds is 5. The monoisotopic (exact) mass is 586 g/mol. The van der Waals surface area contributed by atoms with Gasteiger partial charge in [0.05, 0.1) is 22.1 Å². The second kappa shape index (κ2) is 11.5. The topological polar surface area (TPSA) is 95.9 Å². The molecule has 0 unspecified atom stereocenters. The molecule has 2 N–H and O–H groups in total. The number of halogens is 1. The molecule has 0 amide bonds. The van der Waals surface area contributed by atoms with Gasteiger partial charge in [-0.25, -0.2) is 9.97 Å². The van der Waals surface area contributed by atoms with Crippen molar-refractivity contribution in [1.82, 2.24) is 19.5 Å². The summed E-state index contributed by atoms with van der Waals surface area (Å²) in [5.74, 6) is 6.74. The van der Waals surface area contributed by atoms with Crippen LogP contribution in [-0.4, -0.2) is 33.6 Å². The summed E-state index contributed by atoms with van der Waals surface area (Å²) in [7, 11) is 3.97. The van der Waals surface area contributed by atoms with Gasteiger partial charge in [-0.3, -0.25) is 14.2 Å². The predicted octanol–water partition coefficient (Wildman–Crippen LogP) is 5.91. The highest BCUT2D eigenvalue weighted by atomic mass is 35.5. The van der Waals surface area contributed by atoms with Crippen LogP contribution >= 0.6 is 11.6 Å². The number of para-hydroxylation sites is 1. The Hall–Kier alpha value is -5.39. The minimum absolute atomic E-state index is 0.228. The van der Waals surface area contributed by atoms with E-state index < -0.39 is 6.04 Å². The summed E-state index contributed by atoms with van der Waals surface area (Å²) in [6, 6.07) is 23.6. The molecule has 0 saturated heterocycles. The second-order valence-corrected chi connectivity index (χ2v) is 10.6. The molecule has 6 aromatic rings. The van der Waals surface area contributed by atoms with Crippen LogP contribution in [0.2, 0.25) is 5.02 Å². The summed E-state index contributed by atoms with van der Waals surface area (Å²) < 4.78 is 1.60. The second-order valence-electron chi connectivity index (χ2n) is 10.2. The van der Waals surface area contributed by atoms with E-state index in [0.29, 0.717) is 49.6 Å². The maximum Gasteiger partial charge on any atom is 0.264 e. The number of hydrogen-bond donors (Lipinski definition) is 2. The van der Waals surface area contributed by atoms with Crippen LogP contribution < -0.4 is 21.2 Å². The Labute approximate surface area is 252 Å². The third-order valence-electron chi connectivity index (χ3n) is 7.24. The normalized spacial score (nSPS) is 11.6. The fourth-order valence-corrected chi connectivity index (χ4v) is 5.52. The van der Waals surface area contributed by atoms with Crippen LogP contribution in [-0.2, 0) is 0 Å². The van der Waals surface area contributed by atoms with Gasteiger partial charge in [-0.1, -0.05) is 53.8 Å². The molecule has 43 heavy (non-hydrogen) atoms. The Morgan fingerprint density at radius 1 is 0.907 bits per heavy atom. The number of aromatic amines is 1. The number of benzene rings is 3. The summed E-state index contributed by atoms with van der Waals surface area (Å²) in [5, 5.41) is 5.03. The Morgan fingerprint density at radius 3 is 2.42 bits per heavy atom. The number of pyridine rings is 2. The molecule has 9 heteroatoms. The smallest absolute Gasteiger partial charge is 0.264 e. The van der Waals surface area contributed by atoms with Crippen LogP contribution in [0.4, 0.5) is 11.5 Å². The highest BCUT2D eigenvalue weighted by Crippen LogP contribution is 2.34. The lowest BCUT2D eigenvalue weighted by Gasteiger charge is -2.23. The van der Waals surface area contributed by atoms with Crippen molar-refractivity contribution in [1.29, 1.82) is 0 Å². The number of hydrogen-bond acceptors (Lipinski definition) is 6. The Balaban J connectivity index is 1.53. The molecule has 0 aliphatic carbocycles. The Morgan fingerprint density at radius 2 is 1.67 bits per heavy atom. The molecule has 0 fully saturated rings. The van der Waals surface area contributed by atoms with Crippen molar-refractivity contribution >= 4 is 44.9 Å². The average Bonchev–Trinajstić information content (AvgIpc) is 3.02. The van der Waals surface area contributed by atoms with Crippen LogP contribution in [0.5, 0.6) is 0 Å². The van der Waals surface area contributed by atoms with Crippen LogP contribution in [0.15, 0.2) is 101 Å². The Kier molecular flexibility index (Phi) is 7.41. The first-order chi connectivity index (χ1) is 20.8. The van der Waals surface area contributed by atoms with Crippen molar-refractivity contribution in [2.24, 2.45) is 0 Å². The lowest BCUT2D eigenvalue weighted by molar-refractivity contribution is 0.774. The molecule has 8 nitrogen and oxygen atoms in total. The van der Waals surface area contributed by atoms with E-state index in [1.54, 1.807) is 4.57 Å². The predicted molar refractivity (Wildman–Crippen MR) is 174 cm³/mol. The first-order valence-electron chi connectivity index (χ1n) is 13.6. The van der Waals surface area contributed by atoms with Crippen molar-refractivity contribution in [3.63, 3.8) is 0 Å². The molecule has 0 radical (unpaired) electrons. The first-order valence-corrected chi connectivity index (χ1v) is 14.0. The molecule has 3 heterocycles. The van der Waals surface area contributed by atoms with Gasteiger partial charge >= 0.3 is 0 Å². The number of H-pyrrole nitrogens is 1. The number of fused-ring (bicyclic) bond motifs is 2. The molecule has 3 aromatic carbocycles. The van der Waals surface area contributed by atoms with Crippen molar-refractivity contribution in [2.75, 3.05) is 24.3 Å². The summed E-state index contributed by atoms with van der Waals surface area (Å²) in [6.07, 6.45) is 2.91. The molecule has 0 saturated carbocycles. The van der Waals surface area contributed by atoms with Crippen LogP contribution in [0.25, 0.3) is 27.5 Å². The number of anilines is 2. The largest absolute Gasteiger partial charge is 0.378 e. The highest BCUT2D eigenvalue weighted by molar-refractivity contribution is 6.36. The fraction of sp³-hybridized carbons (Fsp3) is 0.118. The third kappa shape index (κ3) is 5.23. The van der Waals surface area contributed by atoms with Gasteiger partial charge in [-0.15, -0.1) is 0 Å². The van der Waals surface area contributed by atoms with E-state index in [2.05, 4.69) is 32.1 Å². The van der Waals surface area contributed by atoms with Crippen molar-refractivity contribution in [3.8, 4) is 17.5 Å². The number of nitrogens with one attached hydrogen (secondary N) is 2. The van der Waals surface area contributed by atoms with Gasteiger partial charge in [0.25, 0.3) is 5.56 Å². The quantitative estimate of drug-likeness (QED) is 0.244. The van der Waals surface area contributed by atoms with Crippen LogP contribution in [0, 0.1) is 11.8 Å². The maximum absolute atomic E-state index is 14.4. The van der Waals surface area contributed by atoms with Gasteiger partial charge in [0.1, 0.15) is 23.2 Å². The van der Waals surface area contributed by atoms with E-state index >= 15 is 0 Å². The standard InChI is InChI=1S/C34H27ClN6O2/c1-21(39-33-29-27(42)18-19-36-32(29)37-20-38-33)31-30(35)26-11-7-8-23(15-12-22-13-16-24(17-14-22)40(2)3)28(26)34(43)41(31)25-9-5-4-6-10-25/h4-11,13-14,16-21H,1-3H3,(H2,36,37,38,39,42)/t21-/m0/s1. The molecule has 0 spiro atoms. The van der Waals surface area contributed by atoms with E-state index in [0.717, 1.165) is 11.3 Å². The molecule has 3 aromatic heterocycles. The van der Waals surface area contributed by atoms with Gasteiger partial charge in [0.2, 0.25) is 0 Å². The van der Waals surface area contributed by atoms with Crippen LogP contribution in [0.1, 0.15) is 29.8 Å². The number of aromatic nitrogens is 4. The fourth-order valence-electron chi connectivity index (χ4n) is 5.12.